The molecule has 6 atom stereocenters. The fourth-order valence-corrected chi connectivity index (χ4v) is 5.71. The zero-order valence-electron chi connectivity index (χ0n) is 13.6. The van der Waals surface area contributed by atoms with Crippen molar-refractivity contribution in [2.24, 2.45) is 29.1 Å². The van der Waals surface area contributed by atoms with Crippen LogP contribution in [0.25, 0.3) is 0 Å². The molecule has 3 aliphatic rings. The highest BCUT2D eigenvalue weighted by atomic mass is 16.3. The van der Waals surface area contributed by atoms with E-state index in [2.05, 4.69) is 19.9 Å². The number of hydrogen-bond donors (Lipinski definition) is 1. The van der Waals surface area contributed by atoms with Crippen LogP contribution in [0.3, 0.4) is 0 Å². The summed E-state index contributed by atoms with van der Waals surface area (Å²) in [5.74, 6) is 3.02. The Bertz CT molecular complexity index is 427. The van der Waals surface area contributed by atoms with Gasteiger partial charge in [-0.2, -0.15) is 0 Å². The second-order valence-electron chi connectivity index (χ2n) is 8.01. The molecular weight excluding hydrogens is 260 g/mol. The lowest BCUT2D eigenvalue weighted by Gasteiger charge is -2.55. The molecule has 0 radical (unpaired) electrons. The van der Waals surface area contributed by atoms with Crippen LogP contribution in [0.4, 0.5) is 0 Å². The highest BCUT2D eigenvalue weighted by molar-refractivity contribution is 5.49. The maximum atomic E-state index is 10.8. The molecule has 0 amide bonds. The van der Waals surface area contributed by atoms with Crippen molar-refractivity contribution in [1.29, 1.82) is 0 Å². The Morgan fingerprint density at radius 3 is 2.95 bits per heavy atom. The lowest BCUT2D eigenvalue weighted by Crippen LogP contribution is -2.47. The van der Waals surface area contributed by atoms with Gasteiger partial charge in [0.15, 0.2) is 0 Å². The zero-order chi connectivity index (χ0) is 15.0. The Hall–Kier alpha value is -0.630. The molecule has 0 spiro atoms. The van der Waals surface area contributed by atoms with Crippen molar-refractivity contribution in [3.63, 3.8) is 0 Å². The molecular formula is C19H30O2. The van der Waals surface area contributed by atoms with Crippen molar-refractivity contribution in [3.05, 3.63) is 11.6 Å². The van der Waals surface area contributed by atoms with Gasteiger partial charge in [-0.15, -0.1) is 0 Å². The maximum Gasteiger partial charge on any atom is 0.120 e. The van der Waals surface area contributed by atoms with Gasteiger partial charge in [-0.05, 0) is 67.6 Å². The second-order valence-corrected chi connectivity index (χ2v) is 8.01. The quantitative estimate of drug-likeness (QED) is 0.627. The van der Waals surface area contributed by atoms with E-state index in [-0.39, 0.29) is 6.10 Å². The molecule has 0 aromatic heterocycles. The summed E-state index contributed by atoms with van der Waals surface area (Å²) in [5.41, 5.74) is 1.85. The van der Waals surface area contributed by atoms with E-state index in [1.54, 1.807) is 0 Å². The summed E-state index contributed by atoms with van der Waals surface area (Å²) >= 11 is 0. The number of hydrogen-bond acceptors (Lipinski definition) is 2. The van der Waals surface area contributed by atoms with Gasteiger partial charge in [0.1, 0.15) is 6.29 Å². The highest BCUT2D eigenvalue weighted by Crippen LogP contribution is 2.59. The van der Waals surface area contributed by atoms with Gasteiger partial charge in [0.25, 0.3) is 0 Å². The van der Waals surface area contributed by atoms with Gasteiger partial charge in [0.05, 0.1) is 6.10 Å². The standard InChI is InChI=1S/C19H30O2/c1-13-5-8-18-17(16(13)4-3-11-20)7-6-14-12-15(21)9-10-19(14,18)2/h6,11,13,15-18,21H,3-5,7-10,12H2,1-2H3/t13?,15-,16?,17?,18?,19-/m0/s1. The van der Waals surface area contributed by atoms with Crippen molar-refractivity contribution in [3.8, 4) is 0 Å². The third-order valence-corrected chi connectivity index (χ3v) is 6.99. The molecule has 0 bridgehead atoms. The maximum absolute atomic E-state index is 10.8. The van der Waals surface area contributed by atoms with Crippen LogP contribution < -0.4 is 0 Å². The molecule has 0 aromatic carbocycles. The molecule has 0 aromatic rings. The fraction of sp³-hybridized carbons (Fsp3) is 0.842. The number of aliphatic hydroxyl groups is 1. The largest absolute Gasteiger partial charge is 0.393 e. The number of aldehydes is 1. The lowest BCUT2D eigenvalue weighted by atomic mass is 9.50. The van der Waals surface area contributed by atoms with Crippen molar-refractivity contribution >= 4 is 6.29 Å². The van der Waals surface area contributed by atoms with Gasteiger partial charge in [-0.25, -0.2) is 0 Å². The van der Waals surface area contributed by atoms with Gasteiger partial charge in [-0.3, -0.25) is 0 Å². The van der Waals surface area contributed by atoms with Crippen molar-refractivity contribution in [2.45, 2.75) is 71.3 Å². The van der Waals surface area contributed by atoms with Crippen LogP contribution in [0.5, 0.6) is 0 Å². The minimum Gasteiger partial charge on any atom is -0.393 e. The number of carbonyl (C=O) groups is 1. The molecule has 2 fully saturated rings. The summed E-state index contributed by atoms with van der Waals surface area (Å²) in [6.45, 7) is 4.84. The molecule has 3 aliphatic carbocycles. The number of fused-ring (bicyclic) bond motifs is 3. The average Bonchev–Trinajstić information content (AvgIpc) is 2.47. The predicted molar refractivity (Wildman–Crippen MR) is 84.8 cm³/mol. The first kappa shape index (κ1) is 15.3. The number of carbonyl (C=O) groups excluding carboxylic acids is 1. The minimum absolute atomic E-state index is 0.116. The Balaban J connectivity index is 1.85. The van der Waals surface area contributed by atoms with Gasteiger partial charge >= 0.3 is 0 Å². The molecule has 1 N–H and O–H groups in total. The van der Waals surface area contributed by atoms with Gasteiger partial charge < -0.3 is 9.90 Å². The van der Waals surface area contributed by atoms with E-state index in [0.717, 1.165) is 62.1 Å². The van der Waals surface area contributed by atoms with Crippen molar-refractivity contribution in [2.75, 3.05) is 0 Å². The molecule has 2 saturated carbocycles. The van der Waals surface area contributed by atoms with Gasteiger partial charge in [-0.1, -0.05) is 31.9 Å². The average molecular weight is 290 g/mol. The molecule has 0 heterocycles. The topological polar surface area (TPSA) is 37.3 Å². The molecule has 3 rings (SSSR count). The monoisotopic (exact) mass is 290 g/mol. The molecule has 0 aliphatic heterocycles. The van der Waals surface area contributed by atoms with E-state index < -0.39 is 0 Å². The van der Waals surface area contributed by atoms with E-state index in [9.17, 15) is 9.90 Å². The molecule has 0 saturated heterocycles. The van der Waals surface area contributed by atoms with Crippen LogP contribution in [-0.2, 0) is 4.79 Å². The summed E-state index contributed by atoms with van der Waals surface area (Å²) in [6.07, 6.45) is 12.1. The summed E-state index contributed by atoms with van der Waals surface area (Å²) < 4.78 is 0. The van der Waals surface area contributed by atoms with Crippen LogP contribution in [0.1, 0.15) is 65.2 Å². The molecule has 118 valence electrons. The first-order chi connectivity index (χ1) is 10.1. The summed E-state index contributed by atoms with van der Waals surface area (Å²) in [4.78, 5) is 10.8. The highest BCUT2D eigenvalue weighted by Gasteiger charge is 2.50. The van der Waals surface area contributed by atoms with Crippen LogP contribution in [0, 0.1) is 29.1 Å². The van der Waals surface area contributed by atoms with Crippen molar-refractivity contribution < 1.29 is 9.90 Å². The smallest absolute Gasteiger partial charge is 0.120 e. The van der Waals surface area contributed by atoms with Crippen molar-refractivity contribution in [1.82, 2.24) is 0 Å². The summed E-state index contributed by atoms with van der Waals surface area (Å²) in [7, 11) is 0. The van der Waals surface area contributed by atoms with Crippen LogP contribution >= 0.6 is 0 Å². The van der Waals surface area contributed by atoms with Crippen LogP contribution in [-0.4, -0.2) is 17.5 Å². The van der Waals surface area contributed by atoms with Crippen LogP contribution in [0.15, 0.2) is 11.6 Å². The third-order valence-electron chi connectivity index (χ3n) is 6.99. The van der Waals surface area contributed by atoms with Gasteiger partial charge in [0, 0.05) is 6.42 Å². The van der Waals surface area contributed by atoms with E-state index >= 15 is 0 Å². The second kappa shape index (κ2) is 5.87. The summed E-state index contributed by atoms with van der Waals surface area (Å²) in [6, 6.07) is 0. The van der Waals surface area contributed by atoms with E-state index in [4.69, 9.17) is 0 Å². The third kappa shape index (κ3) is 2.60. The first-order valence-electron chi connectivity index (χ1n) is 8.87. The Labute approximate surface area is 129 Å². The number of aliphatic hydroxyl groups excluding tert-OH is 1. The van der Waals surface area contributed by atoms with Crippen LogP contribution in [0.2, 0.25) is 0 Å². The van der Waals surface area contributed by atoms with Gasteiger partial charge in [0.2, 0.25) is 0 Å². The zero-order valence-corrected chi connectivity index (χ0v) is 13.6. The fourth-order valence-electron chi connectivity index (χ4n) is 5.71. The Kier molecular flexibility index (Phi) is 4.27. The molecule has 2 heteroatoms. The predicted octanol–water partition coefficient (Wildman–Crippen LogP) is 4.13. The molecule has 21 heavy (non-hydrogen) atoms. The molecule has 2 nitrogen and oxygen atoms in total. The number of allylic oxidation sites excluding steroid dienone is 1. The molecule has 4 unspecified atom stereocenters. The first-order valence-corrected chi connectivity index (χ1v) is 8.87. The SMILES string of the molecule is CC1CCC2C(CC=C3C[C@@H](O)CC[C@@]32C)C1CCC=O. The lowest BCUT2D eigenvalue weighted by molar-refractivity contribution is -0.108. The Morgan fingerprint density at radius 2 is 2.19 bits per heavy atom. The number of rotatable bonds is 3. The minimum atomic E-state index is -0.116. The summed E-state index contributed by atoms with van der Waals surface area (Å²) in [5, 5.41) is 9.99. The van der Waals surface area contributed by atoms with E-state index in [0.29, 0.717) is 5.41 Å². The van der Waals surface area contributed by atoms with E-state index in [1.807, 2.05) is 0 Å². The Morgan fingerprint density at radius 1 is 1.38 bits per heavy atom. The van der Waals surface area contributed by atoms with E-state index in [1.165, 1.54) is 24.8 Å². The normalized spacial score (nSPS) is 46.2.